The van der Waals surface area contributed by atoms with Crippen LogP contribution in [-0.4, -0.2) is 16.2 Å². The van der Waals surface area contributed by atoms with Crippen LogP contribution in [0.2, 0.25) is 0 Å². The summed E-state index contributed by atoms with van der Waals surface area (Å²) >= 11 is 0. The van der Waals surface area contributed by atoms with Gasteiger partial charge in [-0.05, 0) is 52.0 Å². The number of fused-ring (bicyclic) bond motifs is 1. The van der Waals surface area contributed by atoms with Gasteiger partial charge in [-0.2, -0.15) is 0 Å². The largest absolute Gasteiger partial charge is 0.476 e. The molecular weight excluding hydrogens is 314 g/mol. The molecule has 4 heteroatoms. The van der Waals surface area contributed by atoms with E-state index in [1.165, 1.54) is 17.2 Å². The Morgan fingerprint density at radius 1 is 1.16 bits per heavy atom. The summed E-state index contributed by atoms with van der Waals surface area (Å²) in [6.45, 7) is 13.6. The molecule has 3 rings (SSSR count). The number of aromatic nitrogens is 1. The average molecular weight is 339 g/mol. The Morgan fingerprint density at radius 2 is 1.80 bits per heavy atom. The molecule has 0 fully saturated rings. The fourth-order valence-corrected chi connectivity index (χ4v) is 4.01. The topological polar surface area (TPSA) is 63.3 Å². The third-order valence-electron chi connectivity index (χ3n) is 6.13. The van der Waals surface area contributed by atoms with Crippen LogP contribution in [-0.2, 0) is 10.8 Å². The van der Waals surface area contributed by atoms with Crippen LogP contribution in [0.15, 0.2) is 28.8 Å². The first-order valence-corrected chi connectivity index (χ1v) is 8.59. The minimum atomic E-state index is -1.09. The van der Waals surface area contributed by atoms with E-state index in [-0.39, 0.29) is 16.5 Å². The van der Waals surface area contributed by atoms with E-state index in [1.54, 1.807) is 0 Å². The first-order chi connectivity index (χ1) is 11.5. The van der Waals surface area contributed by atoms with Crippen LogP contribution in [0.5, 0.6) is 0 Å². The number of hydrogen-bond acceptors (Lipinski definition) is 3. The molecule has 1 aromatic carbocycles. The van der Waals surface area contributed by atoms with Gasteiger partial charge in [0.05, 0.1) is 0 Å². The lowest BCUT2D eigenvalue weighted by molar-refractivity contribution is 0.0685. The van der Waals surface area contributed by atoms with Crippen molar-refractivity contribution in [1.29, 1.82) is 0 Å². The number of carbonyl (C=O) groups is 1. The Balaban J connectivity index is 2.01. The second kappa shape index (κ2) is 5.58. The summed E-state index contributed by atoms with van der Waals surface area (Å²) in [6, 6.07) is 8.07. The highest BCUT2D eigenvalue weighted by atomic mass is 16.5. The monoisotopic (exact) mass is 339 g/mol. The van der Waals surface area contributed by atoms with E-state index < -0.39 is 5.97 Å². The van der Waals surface area contributed by atoms with E-state index >= 15 is 0 Å². The number of rotatable bonds is 3. The molecule has 1 atom stereocenters. The molecule has 1 N–H and O–H groups in total. The van der Waals surface area contributed by atoms with Gasteiger partial charge in [0, 0.05) is 6.07 Å². The van der Waals surface area contributed by atoms with Crippen LogP contribution >= 0.6 is 0 Å². The Bertz CT molecular complexity index is 871. The SMILES string of the molecule is C/C(=C\c1cc(C(=O)O)no1)c1ccc2c(c1)C(C)(C)C(C)C2(C)C. The van der Waals surface area contributed by atoms with Crippen molar-refractivity contribution in [3.8, 4) is 0 Å². The third-order valence-corrected chi connectivity index (χ3v) is 6.13. The molecule has 0 saturated heterocycles. The molecule has 1 aliphatic carbocycles. The van der Waals surface area contributed by atoms with Gasteiger partial charge in [-0.3, -0.25) is 0 Å². The van der Waals surface area contributed by atoms with Gasteiger partial charge >= 0.3 is 5.97 Å². The van der Waals surface area contributed by atoms with Crippen molar-refractivity contribution in [2.24, 2.45) is 5.92 Å². The van der Waals surface area contributed by atoms with Crippen molar-refractivity contribution in [2.75, 3.05) is 0 Å². The molecule has 2 aromatic rings. The van der Waals surface area contributed by atoms with Crippen molar-refractivity contribution in [1.82, 2.24) is 5.16 Å². The number of hydrogen-bond donors (Lipinski definition) is 1. The predicted molar refractivity (Wildman–Crippen MR) is 98.7 cm³/mol. The van der Waals surface area contributed by atoms with Gasteiger partial charge in [0.1, 0.15) is 0 Å². The van der Waals surface area contributed by atoms with Gasteiger partial charge in [-0.1, -0.05) is 58.0 Å². The minimum Gasteiger partial charge on any atom is -0.476 e. The van der Waals surface area contributed by atoms with Gasteiger partial charge in [0.15, 0.2) is 11.5 Å². The summed E-state index contributed by atoms with van der Waals surface area (Å²) in [5, 5.41) is 12.5. The van der Waals surface area contributed by atoms with E-state index in [4.69, 9.17) is 9.63 Å². The highest BCUT2D eigenvalue weighted by molar-refractivity contribution is 5.87. The zero-order valence-corrected chi connectivity index (χ0v) is 15.7. The molecule has 132 valence electrons. The zero-order valence-electron chi connectivity index (χ0n) is 15.7. The molecule has 0 spiro atoms. The van der Waals surface area contributed by atoms with Crippen molar-refractivity contribution in [2.45, 2.75) is 52.4 Å². The van der Waals surface area contributed by atoms with Crippen molar-refractivity contribution < 1.29 is 14.4 Å². The normalized spacial score (nSPS) is 21.2. The lowest BCUT2D eigenvalue weighted by Crippen LogP contribution is -2.30. The molecule has 0 radical (unpaired) electrons. The first kappa shape index (κ1) is 17.5. The Kier molecular flexibility index (Phi) is 3.90. The maximum atomic E-state index is 10.9. The van der Waals surface area contributed by atoms with Crippen molar-refractivity contribution >= 4 is 17.6 Å². The number of carboxylic acid groups (broad SMARTS) is 1. The summed E-state index contributed by atoms with van der Waals surface area (Å²) in [5.74, 6) is -0.0955. The molecule has 1 unspecified atom stereocenters. The minimum absolute atomic E-state index is 0.0790. The van der Waals surface area contributed by atoms with E-state index in [9.17, 15) is 4.79 Å². The van der Waals surface area contributed by atoms with Gasteiger partial charge in [-0.15, -0.1) is 0 Å². The second-order valence-electron chi connectivity index (χ2n) is 8.17. The fourth-order valence-electron chi connectivity index (χ4n) is 4.01. The van der Waals surface area contributed by atoms with Crippen molar-refractivity contribution in [3.05, 3.63) is 52.4 Å². The lowest BCUT2D eigenvalue weighted by Gasteiger charge is -2.32. The van der Waals surface area contributed by atoms with E-state index in [2.05, 4.69) is 58.0 Å². The molecule has 1 aromatic heterocycles. The smallest absolute Gasteiger partial charge is 0.358 e. The molecule has 25 heavy (non-hydrogen) atoms. The Morgan fingerprint density at radius 3 is 2.40 bits per heavy atom. The van der Waals surface area contributed by atoms with E-state index in [1.807, 2.05) is 13.0 Å². The standard InChI is InChI=1S/C21H25NO3/c1-12(9-15-11-18(19(23)24)22-25-15)14-7-8-16-17(10-14)21(5,6)13(2)20(16,3)4/h7-11,13H,1-6H3,(H,23,24)/b12-9+. The predicted octanol–water partition coefficient (Wildman–Crippen LogP) is 5.14. The average Bonchev–Trinajstić information content (AvgIpc) is 3.06. The summed E-state index contributed by atoms with van der Waals surface area (Å²) < 4.78 is 5.09. The van der Waals surface area contributed by atoms with Gasteiger partial charge in [-0.25, -0.2) is 4.79 Å². The zero-order chi connectivity index (χ0) is 18.6. The van der Waals surface area contributed by atoms with Gasteiger partial charge < -0.3 is 9.63 Å². The molecule has 4 nitrogen and oxygen atoms in total. The summed E-state index contributed by atoms with van der Waals surface area (Å²) in [5.41, 5.74) is 5.11. The molecule has 1 heterocycles. The van der Waals surface area contributed by atoms with Crippen LogP contribution in [0.4, 0.5) is 0 Å². The summed E-state index contributed by atoms with van der Waals surface area (Å²) in [4.78, 5) is 10.9. The third kappa shape index (κ3) is 2.70. The Labute approximate surface area is 148 Å². The molecular formula is C21H25NO3. The van der Waals surface area contributed by atoms with Crippen LogP contribution < -0.4 is 0 Å². The lowest BCUT2D eigenvalue weighted by atomic mass is 9.71. The van der Waals surface area contributed by atoms with Crippen LogP contribution in [0.25, 0.3) is 11.6 Å². The summed E-state index contributed by atoms with van der Waals surface area (Å²) in [6.07, 6.45) is 1.83. The molecule has 0 bridgehead atoms. The highest BCUT2D eigenvalue weighted by Crippen LogP contribution is 2.53. The van der Waals surface area contributed by atoms with E-state index in [0.29, 0.717) is 11.7 Å². The maximum Gasteiger partial charge on any atom is 0.358 e. The molecule has 0 saturated carbocycles. The van der Waals surface area contributed by atoms with Crippen molar-refractivity contribution in [3.63, 3.8) is 0 Å². The molecule has 0 aliphatic heterocycles. The number of benzene rings is 1. The van der Waals surface area contributed by atoms with Crippen LogP contribution in [0, 0.1) is 5.92 Å². The molecule has 1 aliphatic rings. The number of nitrogens with zero attached hydrogens (tertiary/aromatic N) is 1. The quantitative estimate of drug-likeness (QED) is 0.841. The fraction of sp³-hybridized carbons (Fsp3) is 0.429. The van der Waals surface area contributed by atoms with Gasteiger partial charge in [0.2, 0.25) is 0 Å². The van der Waals surface area contributed by atoms with E-state index in [0.717, 1.165) is 11.1 Å². The number of allylic oxidation sites excluding steroid dienone is 1. The maximum absolute atomic E-state index is 10.9. The highest BCUT2D eigenvalue weighted by Gasteiger charge is 2.48. The second-order valence-corrected chi connectivity index (χ2v) is 8.17. The molecule has 0 amide bonds. The summed E-state index contributed by atoms with van der Waals surface area (Å²) in [7, 11) is 0. The Hall–Kier alpha value is -2.36. The van der Waals surface area contributed by atoms with Crippen LogP contribution in [0.1, 0.15) is 74.5 Å². The van der Waals surface area contributed by atoms with Crippen LogP contribution in [0.3, 0.4) is 0 Å². The number of carboxylic acids is 1. The number of aromatic carboxylic acids is 1. The van der Waals surface area contributed by atoms with Gasteiger partial charge in [0.25, 0.3) is 0 Å². The first-order valence-electron chi connectivity index (χ1n) is 8.59.